The molecule has 92 valence electrons. The topological polar surface area (TPSA) is 58.2 Å². The quantitative estimate of drug-likeness (QED) is 0.737. The van der Waals surface area contributed by atoms with Gasteiger partial charge < -0.3 is 10.6 Å². The fourth-order valence-electron chi connectivity index (χ4n) is 1.13. The lowest BCUT2D eigenvalue weighted by molar-refractivity contribution is -0.121. The Balaban J connectivity index is 4.33. The number of carbonyl (C=O) groups excluding carboxylic acids is 2. The summed E-state index contributed by atoms with van der Waals surface area (Å²) in [6.07, 6.45) is 2.94. The smallest absolute Gasteiger partial charge is 0.223 e. The number of hydrogen-bond donors (Lipinski definition) is 2. The van der Waals surface area contributed by atoms with Gasteiger partial charge in [0.25, 0.3) is 0 Å². The molecule has 4 heteroatoms. The molecular formula is C12H22N2O2. The highest BCUT2D eigenvalue weighted by Crippen LogP contribution is 2.18. The number of nitrogens with one attached hydrogen (secondary N) is 2. The first kappa shape index (κ1) is 14.9. The molecule has 0 aliphatic heterocycles. The van der Waals surface area contributed by atoms with E-state index in [0.717, 1.165) is 0 Å². The summed E-state index contributed by atoms with van der Waals surface area (Å²) < 4.78 is 0. The van der Waals surface area contributed by atoms with E-state index in [2.05, 4.69) is 10.6 Å². The molecule has 2 N–H and O–H groups in total. The summed E-state index contributed by atoms with van der Waals surface area (Å²) in [7, 11) is 0. The molecule has 1 unspecified atom stereocenters. The highest BCUT2D eigenvalue weighted by Gasteiger charge is 2.25. The molecular weight excluding hydrogens is 204 g/mol. The van der Waals surface area contributed by atoms with Gasteiger partial charge in [0.2, 0.25) is 11.8 Å². The molecule has 0 bridgehead atoms. The zero-order chi connectivity index (χ0) is 12.8. The Hall–Kier alpha value is -1.06. The van der Waals surface area contributed by atoms with Crippen molar-refractivity contribution >= 4 is 11.8 Å². The van der Waals surface area contributed by atoms with Crippen LogP contribution in [0.4, 0.5) is 0 Å². The maximum atomic E-state index is 11.3. The second-order valence-electron chi connectivity index (χ2n) is 4.75. The Morgan fingerprint density at radius 2 is 1.62 bits per heavy atom. The van der Waals surface area contributed by atoms with Gasteiger partial charge in [-0.2, -0.15) is 0 Å². The second kappa shape index (κ2) is 6.51. The van der Waals surface area contributed by atoms with Crippen molar-refractivity contribution < 1.29 is 9.59 Å². The SMILES string of the molecule is C[CH]C(=O)NCC(NC(=O)[CH]C)C(C)(C)C. The van der Waals surface area contributed by atoms with Crippen LogP contribution in [0.3, 0.4) is 0 Å². The Bertz CT molecular complexity index is 244. The van der Waals surface area contributed by atoms with Crippen LogP contribution in [0, 0.1) is 18.3 Å². The van der Waals surface area contributed by atoms with Crippen LogP contribution in [0.25, 0.3) is 0 Å². The van der Waals surface area contributed by atoms with Crippen molar-refractivity contribution in [2.24, 2.45) is 5.41 Å². The van der Waals surface area contributed by atoms with Gasteiger partial charge in [-0.3, -0.25) is 9.59 Å². The second-order valence-corrected chi connectivity index (χ2v) is 4.75. The Morgan fingerprint density at radius 1 is 1.12 bits per heavy atom. The minimum Gasteiger partial charge on any atom is -0.354 e. The molecule has 2 amide bonds. The monoisotopic (exact) mass is 226 g/mol. The predicted molar refractivity (Wildman–Crippen MR) is 64.3 cm³/mol. The fraction of sp³-hybridized carbons (Fsp3) is 0.667. The maximum Gasteiger partial charge on any atom is 0.223 e. The lowest BCUT2D eigenvalue weighted by Crippen LogP contribution is -2.50. The number of carbonyl (C=O) groups is 2. The third-order valence-corrected chi connectivity index (χ3v) is 2.37. The lowest BCUT2D eigenvalue weighted by atomic mass is 9.86. The van der Waals surface area contributed by atoms with Gasteiger partial charge >= 0.3 is 0 Å². The molecule has 4 nitrogen and oxygen atoms in total. The predicted octanol–water partition coefficient (Wildman–Crippen LogP) is 1.08. The molecule has 0 fully saturated rings. The summed E-state index contributed by atoms with van der Waals surface area (Å²) in [5, 5.41) is 5.61. The van der Waals surface area contributed by atoms with Crippen molar-refractivity contribution in [3.63, 3.8) is 0 Å². The van der Waals surface area contributed by atoms with Crippen LogP contribution in [-0.4, -0.2) is 24.4 Å². The van der Waals surface area contributed by atoms with Crippen molar-refractivity contribution in [1.29, 1.82) is 0 Å². The average molecular weight is 226 g/mol. The molecule has 0 aromatic heterocycles. The van der Waals surface area contributed by atoms with Crippen molar-refractivity contribution in [3.05, 3.63) is 12.8 Å². The van der Waals surface area contributed by atoms with Crippen molar-refractivity contribution in [1.82, 2.24) is 10.6 Å². The van der Waals surface area contributed by atoms with E-state index < -0.39 is 0 Å². The maximum absolute atomic E-state index is 11.3. The lowest BCUT2D eigenvalue weighted by Gasteiger charge is -2.31. The summed E-state index contributed by atoms with van der Waals surface area (Å²) in [5.74, 6) is -0.237. The molecule has 0 aliphatic carbocycles. The zero-order valence-electron chi connectivity index (χ0n) is 10.8. The van der Waals surface area contributed by atoms with Gasteiger partial charge in [-0.25, -0.2) is 0 Å². The van der Waals surface area contributed by atoms with E-state index in [4.69, 9.17) is 0 Å². The molecule has 0 spiro atoms. The van der Waals surface area contributed by atoms with Crippen LogP contribution in [0.1, 0.15) is 34.6 Å². The minimum absolute atomic E-state index is 0.0832. The van der Waals surface area contributed by atoms with Gasteiger partial charge in [-0.1, -0.05) is 34.6 Å². The Morgan fingerprint density at radius 3 is 2.00 bits per heavy atom. The van der Waals surface area contributed by atoms with E-state index >= 15 is 0 Å². The van der Waals surface area contributed by atoms with E-state index in [0.29, 0.717) is 6.54 Å². The summed E-state index contributed by atoms with van der Waals surface area (Å²) in [6, 6.07) is -0.0832. The standard InChI is InChI=1S/C12H22N2O2/c1-6-10(15)13-8-9(12(3,4)5)14-11(16)7-2/h6-7,9H,8H2,1-5H3,(H,13,15)(H,14,16). The molecule has 1 atom stereocenters. The van der Waals surface area contributed by atoms with E-state index in [1.807, 2.05) is 20.8 Å². The normalized spacial score (nSPS) is 13.1. The number of amides is 2. The summed E-state index contributed by atoms with van der Waals surface area (Å²) >= 11 is 0. The van der Waals surface area contributed by atoms with Gasteiger partial charge in [-0.15, -0.1) is 0 Å². The van der Waals surface area contributed by atoms with Crippen LogP contribution >= 0.6 is 0 Å². The fourth-order valence-corrected chi connectivity index (χ4v) is 1.13. The highest BCUT2D eigenvalue weighted by molar-refractivity contribution is 5.85. The van der Waals surface area contributed by atoms with Gasteiger partial charge in [0.15, 0.2) is 0 Å². The Kier molecular flexibility index (Phi) is 6.08. The third kappa shape index (κ3) is 5.73. The van der Waals surface area contributed by atoms with Gasteiger partial charge in [0, 0.05) is 19.4 Å². The largest absolute Gasteiger partial charge is 0.354 e. The van der Waals surface area contributed by atoms with E-state index in [9.17, 15) is 9.59 Å². The molecule has 0 saturated carbocycles. The third-order valence-electron chi connectivity index (χ3n) is 2.37. The molecule has 0 heterocycles. The first-order valence-electron chi connectivity index (χ1n) is 5.48. The highest BCUT2D eigenvalue weighted by atomic mass is 16.2. The first-order valence-corrected chi connectivity index (χ1v) is 5.48. The van der Waals surface area contributed by atoms with Crippen molar-refractivity contribution in [3.8, 4) is 0 Å². The molecule has 16 heavy (non-hydrogen) atoms. The molecule has 0 aromatic carbocycles. The molecule has 0 rings (SSSR count). The first-order chi connectivity index (χ1) is 7.31. The average Bonchev–Trinajstić information content (AvgIpc) is 2.21. The van der Waals surface area contributed by atoms with Crippen molar-refractivity contribution in [2.75, 3.05) is 6.54 Å². The molecule has 2 radical (unpaired) electrons. The van der Waals surface area contributed by atoms with Gasteiger partial charge in [0.05, 0.1) is 6.04 Å². The Labute approximate surface area is 98.2 Å². The summed E-state index contributed by atoms with van der Waals surface area (Å²) in [4.78, 5) is 22.4. The van der Waals surface area contributed by atoms with Gasteiger partial charge in [-0.05, 0) is 5.41 Å². The van der Waals surface area contributed by atoms with Crippen LogP contribution in [0.15, 0.2) is 0 Å². The van der Waals surface area contributed by atoms with Crippen LogP contribution in [0.5, 0.6) is 0 Å². The van der Waals surface area contributed by atoms with E-state index in [1.54, 1.807) is 13.8 Å². The van der Waals surface area contributed by atoms with Gasteiger partial charge in [0.1, 0.15) is 0 Å². The number of hydrogen-bond acceptors (Lipinski definition) is 2. The summed E-state index contributed by atoms with van der Waals surface area (Å²) in [5.41, 5.74) is -0.0975. The zero-order valence-corrected chi connectivity index (χ0v) is 10.8. The molecule has 0 aromatic rings. The molecule has 0 saturated heterocycles. The van der Waals surface area contributed by atoms with E-state index in [1.165, 1.54) is 12.8 Å². The molecule has 0 aliphatic rings. The van der Waals surface area contributed by atoms with Crippen LogP contribution < -0.4 is 10.6 Å². The summed E-state index contributed by atoms with van der Waals surface area (Å²) in [6.45, 7) is 9.87. The van der Waals surface area contributed by atoms with Crippen LogP contribution in [0.2, 0.25) is 0 Å². The number of rotatable bonds is 5. The van der Waals surface area contributed by atoms with E-state index in [-0.39, 0.29) is 23.3 Å². The van der Waals surface area contributed by atoms with Crippen LogP contribution in [-0.2, 0) is 9.59 Å². The minimum atomic E-state index is -0.121. The van der Waals surface area contributed by atoms with Crippen molar-refractivity contribution in [2.45, 2.75) is 40.7 Å².